The maximum absolute atomic E-state index is 13.9. The number of methoxy groups -OCH3 is 1. The van der Waals surface area contributed by atoms with Gasteiger partial charge in [0.25, 0.3) is 5.91 Å². The monoisotopic (exact) mass is 645 g/mol. The molecule has 3 aromatic rings. The van der Waals surface area contributed by atoms with Gasteiger partial charge in [-0.25, -0.2) is 5.43 Å². The van der Waals surface area contributed by atoms with Gasteiger partial charge in [-0.15, -0.1) is 0 Å². The number of hydrogen-bond acceptors (Lipinski definition) is 12. The lowest BCUT2D eigenvalue weighted by Gasteiger charge is -2.42. The van der Waals surface area contributed by atoms with E-state index in [2.05, 4.69) is 10.5 Å². The maximum atomic E-state index is 13.9. The van der Waals surface area contributed by atoms with Crippen molar-refractivity contribution in [3.05, 3.63) is 87.5 Å². The average Bonchev–Trinajstić information content (AvgIpc) is 3.06. The van der Waals surface area contributed by atoms with E-state index in [1.54, 1.807) is 37.3 Å². The van der Waals surface area contributed by atoms with Gasteiger partial charge in [0.05, 0.1) is 47.8 Å². The Morgan fingerprint density at radius 3 is 2.43 bits per heavy atom. The summed E-state index contributed by atoms with van der Waals surface area (Å²) in [4.78, 5) is 40.4. The number of phenols is 2. The first-order valence-corrected chi connectivity index (χ1v) is 15.1. The number of nitrogens with two attached hydrogens (primary N) is 1. The molecule has 0 spiro atoms. The Bertz CT molecular complexity index is 1800. The number of ether oxygens (including phenoxy) is 3. The Balaban J connectivity index is 1.46. The van der Waals surface area contributed by atoms with Crippen LogP contribution in [-0.2, 0) is 15.9 Å². The van der Waals surface area contributed by atoms with E-state index >= 15 is 0 Å². The number of aliphatic hydroxyl groups excluding tert-OH is 1. The van der Waals surface area contributed by atoms with Crippen molar-refractivity contribution in [2.75, 3.05) is 7.11 Å². The predicted molar refractivity (Wildman–Crippen MR) is 167 cm³/mol. The van der Waals surface area contributed by atoms with Crippen molar-refractivity contribution in [3.8, 4) is 17.2 Å². The highest BCUT2D eigenvalue weighted by molar-refractivity contribution is 6.31. The number of amides is 1. The number of fused-ring (bicyclic) bond motifs is 3. The summed E-state index contributed by atoms with van der Waals surface area (Å²) in [6, 6.07) is 12.1. The number of carbonyl (C=O) groups excluding carboxylic acids is 3. The number of aromatic hydroxyl groups is 2. The molecule has 2 aliphatic carbocycles. The SMILES string of the molecule is COc1cccc2c1C(=O)c1c(O)c3c(c(O)c1C2=O)C[C@@](O)(/C(C)=N\NC(=O)c1ccccc1)C[C@@H]3OC1CC(N)C(O)C(C)O1. The second-order valence-electron chi connectivity index (χ2n) is 12.1. The van der Waals surface area contributed by atoms with Crippen LogP contribution in [0.15, 0.2) is 53.6 Å². The van der Waals surface area contributed by atoms with Crippen molar-refractivity contribution in [2.24, 2.45) is 10.8 Å². The van der Waals surface area contributed by atoms with Crippen LogP contribution in [0.4, 0.5) is 0 Å². The lowest BCUT2D eigenvalue weighted by Crippen LogP contribution is -2.52. The Kier molecular flexibility index (Phi) is 8.36. The second-order valence-corrected chi connectivity index (χ2v) is 12.1. The molecule has 1 aliphatic heterocycles. The van der Waals surface area contributed by atoms with Crippen LogP contribution in [-0.4, -0.2) is 80.9 Å². The van der Waals surface area contributed by atoms with Crippen LogP contribution >= 0.6 is 0 Å². The fourth-order valence-electron chi connectivity index (χ4n) is 6.56. The minimum Gasteiger partial charge on any atom is -0.507 e. The summed E-state index contributed by atoms with van der Waals surface area (Å²) in [5.41, 5.74) is 6.04. The molecule has 7 N–H and O–H groups in total. The van der Waals surface area contributed by atoms with Gasteiger partial charge in [-0.2, -0.15) is 5.10 Å². The second kappa shape index (κ2) is 12.2. The molecule has 6 rings (SSSR count). The average molecular weight is 646 g/mol. The van der Waals surface area contributed by atoms with E-state index in [-0.39, 0.29) is 53.0 Å². The number of benzene rings is 3. The zero-order valence-electron chi connectivity index (χ0n) is 25.9. The summed E-state index contributed by atoms with van der Waals surface area (Å²) in [7, 11) is 1.34. The van der Waals surface area contributed by atoms with E-state index in [1.165, 1.54) is 32.2 Å². The van der Waals surface area contributed by atoms with Crippen molar-refractivity contribution >= 4 is 23.2 Å². The van der Waals surface area contributed by atoms with E-state index in [9.17, 15) is 34.8 Å². The van der Waals surface area contributed by atoms with Crippen LogP contribution < -0.4 is 15.9 Å². The number of aliphatic hydroxyl groups is 2. The van der Waals surface area contributed by atoms with Crippen LogP contribution in [0.1, 0.15) is 86.1 Å². The number of nitrogens with zero attached hydrogens (tertiary/aromatic N) is 1. The van der Waals surface area contributed by atoms with E-state index < -0.39 is 76.3 Å². The van der Waals surface area contributed by atoms with Gasteiger partial charge in [0.1, 0.15) is 22.8 Å². The molecule has 0 saturated carbocycles. The molecule has 246 valence electrons. The molecule has 0 radical (unpaired) electrons. The van der Waals surface area contributed by atoms with Crippen LogP contribution in [0, 0.1) is 0 Å². The van der Waals surface area contributed by atoms with Crippen LogP contribution in [0.25, 0.3) is 0 Å². The Morgan fingerprint density at radius 2 is 1.74 bits per heavy atom. The van der Waals surface area contributed by atoms with Gasteiger partial charge in [-0.3, -0.25) is 14.4 Å². The van der Waals surface area contributed by atoms with Crippen molar-refractivity contribution in [1.82, 2.24) is 5.43 Å². The molecule has 1 amide bonds. The molecule has 13 heteroatoms. The van der Waals surface area contributed by atoms with Crippen LogP contribution in [0.5, 0.6) is 17.2 Å². The predicted octanol–water partition coefficient (Wildman–Crippen LogP) is 2.25. The van der Waals surface area contributed by atoms with Crippen molar-refractivity contribution in [2.45, 2.75) is 69.4 Å². The standard InChI is InChI=1S/C34H35N3O10/c1-15-28(38)20(35)12-23(46-15)47-22-14-34(44,16(2)36-37-33(43)17-8-5-4-6-9-17)13-19-25(22)32(42)27-26(30(19)40)29(39)18-10-7-11-21(45-3)24(18)31(27)41/h4-11,15,20,22-23,28,38,40,42,44H,12-14,35H2,1-3H3,(H,37,43)/b36-16-/t15?,20?,22-,23?,28?,34-/m0/s1. The van der Waals surface area contributed by atoms with E-state index in [1.807, 2.05) is 0 Å². The summed E-state index contributed by atoms with van der Waals surface area (Å²) in [6.45, 7) is 3.09. The van der Waals surface area contributed by atoms with Gasteiger partial charge in [0.2, 0.25) is 5.78 Å². The molecule has 1 heterocycles. The van der Waals surface area contributed by atoms with Gasteiger partial charge in [-0.05, 0) is 32.0 Å². The minimum absolute atomic E-state index is 0.0196. The summed E-state index contributed by atoms with van der Waals surface area (Å²) < 4.78 is 17.5. The lowest BCUT2D eigenvalue weighted by molar-refractivity contribution is -0.245. The van der Waals surface area contributed by atoms with E-state index in [4.69, 9.17) is 19.9 Å². The first kappa shape index (κ1) is 32.3. The third-order valence-electron chi connectivity index (χ3n) is 9.18. The molecule has 0 bridgehead atoms. The molecular weight excluding hydrogens is 610 g/mol. The van der Waals surface area contributed by atoms with Crippen molar-refractivity contribution in [1.29, 1.82) is 0 Å². The van der Waals surface area contributed by atoms with Gasteiger partial charge in [-0.1, -0.05) is 30.3 Å². The summed E-state index contributed by atoms with van der Waals surface area (Å²) in [6.07, 6.45) is -4.51. The Labute approximate surface area is 269 Å². The number of hydrogen-bond donors (Lipinski definition) is 6. The molecule has 1 saturated heterocycles. The number of hydrazone groups is 1. The number of rotatable bonds is 6. The number of phenolic OH excluding ortho intramolecular Hbond substituents is 2. The van der Waals surface area contributed by atoms with Crippen LogP contribution in [0.3, 0.4) is 0 Å². The normalized spacial score (nSPS) is 27.0. The van der Waals surface area contributed by atoms with Gasteiger partial charge < -0.3 is 40.4 Å². The molecule has 47 heavy (non-hydrogen) atoms. The highest BCUT2D eigenvalue weighted by atomic mass is 16.7. The molecule has 3 aromatic carbocycles. The molecule has 6 atom stereocenters. The van der Waals surface area contributed by atoms with Crippen LogP contribution in [0.2, 0.25) is 0 Å². The van der Waals surface area contributed by atoms with Crippen molar-refractivity contribution < 1.29 is 49.0 Å². The smallest absolute Gasteiger partial charge is 0.271 e. The fourth-order valence-corrected chi connectivity index (χ4v) is 6.56. The molecule has 3 aliphatic rings. The molecular formula is C34H35N3O10. The minimum atomic E-state index is -1.88. The highest BCUT2D eigenvalue weighted by Gasteiger charge is 2.49. The first-order valence-electron chi connectivity index (χ1n) is 15.1. The fraction of sp³-hybridized carbons (Fsp3) is 0.353. The van der Waals surface area contributed by atoms with Gasteiger partial charge in [0, 0.05) is 47.6 Å². The third-order valence-corrected chi connectivity index (χ3v) is 9.18. The molecule has 13 nitrogen and oxygen atoms in total. The van der Waals surface area contributed by atoms with Gasteiger partial charge in [0.15, 0.2) is 12.1 Å². The largest absolute Gasteiger partial charge is 0.507 e. The van der Waals surface area contributed by atoms with Gasteiger partial charge >= 0.3 is 0 Å². The summed E-state index contributed by atoms with van der Waals surface area (Å²) >= 11 is 0. The Morgan fingerprint density at radius 1 is 1.04 bits per heavy atom. The molecule has 1 fully saturated rings. The number of ketones is 2. The zero-order chi connectivity index (χ0) is 33.8. The topological polar surface area (TPSA) is 210 Å². The summed E-state index contributed by atoms with van der Waals surface area (Å²) in [5, 5.41) is 50.0. The Hall–Kier alpha value is -4.66. The van der Waals surface area contributed by atoms with E-state index in [0.717, 1.165) is 0 Å². The number of carbonyl (C=O) groups is 3. The van der Waals surface area contributed by atoms with Crippen molar-refractivity contribution in [3.63, 3.8) is 0 Å². The maximum Gasteiger partial charge on any atom is 0.271 e. The first-order chi connectivity index (χ1) is 22.4. The quantitative estimate of drug-likeness (QED) is 0.102. The zero-order valence-corrected chi connectivity index (χ0v) is 25.9. The molecule has 0 aromatic heterocycles. The van der Waals surface area contributed by atoms with E-state index in [0.29, 0.717) is 5.56 Å². The highest BCUT2D eigenvalue weighted by Crippen LogP contribution is 2.52. The lowest BCUT2D eigenvalue weighted by atomic mass is 9.71. The summed E-state index contributed by atoms with van der Waals surface area (Å²) in [5.74, 6) is -3.08. The molecule has 4 unspecified atom stereocenters. The third kappa shape index (κ3) is 5.45. The number of nitrogens with one attached hydrogen (secondary N) is 1.